The lowest BCUT2D eigenvalue weighted by molar-refractivity contribution is 0.0500. The van der Waals surface area contributed by atoms with Gasteiger partial charge in [0.2, 0.25) is 0 Å². The zero-order valence-corrected chi connectivity index (χ0v) is 12.7. The smallest absolute Gasteiger partial charge is 0.120 e. The summed E-state index contributed by atoms with van der Waals surface area (Å²) in [7, 11) is 0. The Bertz CT molecular complexity index is 525. The van der Waals surface area contributed by atoms with Gasteiger partial charge in [-0.2, -0.15) is 5.26 Å². The van der Waals surface area contributed by atoms with E-state index in [2.05, 4.69) is 22.8 Å². The topological polar surface area (TPSA) is 39.5 Å². The second-order valence-corrected chi connectivity index (χ2v) is 6.12. The Kier molecular flexibility index (Phi) is 4.42. The van der Waals surface area contributed by atoms with Crippen LogP contribution in [0.4, 0.5) is 0 Å². The van der Waals surface area contributed by atoms with Gasteiger partial charge in [0.15, 0.2) is 0 Å². The zero-order valence-electron chi connectivity index (χ0n) is 12.7. The van der Waals surface area contributed by atoms with Crippen molar-refractivity contribution in [2.24, 2.45) is 0 Å². The lowest BCUT2D eigenvalue weighted by Crippen LogP contribution is -2.55. The Morgan fingerprint density at radius 3 is 3.14 bits per heavy atom. The molecule has 1 aromatic carbocycles. The van der Waals surface area contributed by atoms with Crippen LogP contribution < -0.4 is 4.74 Å². The van der Waals surface area contributed by atoms with Crippen molar-refractivity contribution >= 4 is 0 Å². The number of benzene rings is 1. The van der Waals surface area contributed by atoms with E-state index < -0.39 is 0 Å². The average Bonchev–Trinajstić information content (AvgIpc) is 2.94. The van der Waals surface area contributed by atoms with E-state index in [9.17, 15) is 0 Å². The van der Waals surface area contributed by atoms with E-state index in [4.69, 9.17) is 10.00 Å². The standard InChI is InChI=1S/C17H23N3O/c1-14-12-20-7-3-5-16(20)13-19(14)8-9-21-17-6-2-4-15(10-17)11-18/h2,4,6,10,14,16H,3,5,7-9,12-13H2,1H3. The van der Waals surface area contributed by atoms with Crippen LogP contribution in [0.5, 0.6) is 5.75 Å². The number of hydrogen-bond donors (Lipinski definition) is 0. The first-order chi connectivity index (χ1) is 10.3. The third kappa shape index (κ3) is 3.37. The van der Waals surface area contributed by atoms with Crippen LogP contribution in [-0.4, -0.2) is 54.7 Å². The molecule has 0 radical (unpaired) electrons. The highest BCUT2D eigenvalue weighted by Gasteiger charge is 2.33. The summed E-state index contributed by atoms with van der Waals surface area (Å²) in [5, 5.41) is 8.89. The summed E-state index contributed by atoms with van der Waals surface area (Å²) in [4.78, 5) is 5.18. The van der Waals surface area contributed by atoms with Crippen molar-refractivity contribution in [3.63, 3.8) is 0 Å². The van der Waals surface area contributed by atoms with E-state index in [1.165, 1.54) is 32.5 Å². The van der Waals surface area contributed by atoms with E-state index in [1.54, 1.807) is 12.1 Å². The molecule has 4 heteroatoms. The largest absolute Gasteiger partial charge is 0.492 e. The molecule has 3 rings (SSSR count). The third-order valence-corrected chi connectivity index (χ3v) is 4.68. The van der Waals surface area contributed by atoms with Gasteiger partial charge in [-0.05, 0) is 44.5 Å². The summed E-state index contributed by atoms with van der Waals surface area (Å²) < 4.78 is 5.80. The van der Waals surface area contributed by atoms with Gasteiger partial charge in [-0.3, -0.25) is 9.80 Å². The lowest BCUT2D eigenvalue weighted by Gasteiger charge is -2.42. The van der Waals surface area contributed by atoms with E-state index in [0.29, 0.717) is 18.2 Å². The number of nitriles is 1. The molecule has 2 aliphatic rings. The minimum atomic E-state index is 0.605. The maximum absolute atomic E-state index is 8.89. The van der Waals surface area contributed by atoms with Gasteiger partial charge >= 0.3 is 0 Å². The van der Waals surface area contributed by atoms with Crippen LogP contribution in [0.15, 0.2) is 24.3 Å². The van der Waals surface area contributed by atoms with Gasteiger partial charge in [-0.25, -0.2) is 0 Å². The Balaban J connectivity index is 1.49. The molecule has 2 aliphatic heterocycles. The molecule has 0 saturated carbocycles. The van der Waals surface area contributed by atoms with Crippen molar-refractivity contribution in [2.75, 3.05) is 32.8 Å². The first-order valence-corrected chi connectivity index (χ1v) is 7.87. The van der Waals surface area contributed by atoms with Crippen LogP contribution in [0.2, 0.25) is 0 Å². The molecule has 0 amide bonds. The third-order valence-electron chi connectivity index (χ3n) is 4.68. The summed E-state index contributed by atoms with van der Waals surface area (Å²) in [5.41, 5.74) is 0.653. The molecular formula is C17H23N3O. The van der Waals surface area contributed by atoms with E-state index in [0.717, 1.165) is 18.3 Å². The molecule has 0 aliphatic carbocycles. The molecule has 0 aromatic heterocycles. The molecular weight excluding hydrogens is 262 g/mol. The maximum atomic E-state index is 8.89. The van der Waals surface area contributed by atoms with Crippen LogP contribution in [0.25, 0.3) is 0 Å². The van der Waals surface area contributed by atoms with Crippen LogP contribution in [0.1, 0.15) is 25.3 Å². The average molecular weight is 285 g/mol. The summed E-state index contributed by atoms with van der Waals surface area (Å²) in [6.07, 6.45) is 2.69. The summed E-state index contributed by atoms with van der Waals surface area (Å²) in [6.45, 7) is 7.59. The predicted molar refractivity (Wildman–Crippen MR) is 82.3 cm³/mol. The van der Waals surface area contributed by atoms with Crippen molar-refractivity contribution in [3.05, 3.63) is 29.8 Å². The Labute approximate surface area is 126 Å². The van der Waals surface area contributed by atoms with Gasteiger partial charge in [0.1, 0.15) is 12.4 Å². The van der Waals surface area contributed by atoms with Crippen LogP contribution in [0, 0.1) is 11.3 Å². The molecule has 21 heavy (non-hydrogen) atoms. The second-order valence-electron chi connectivity index (χ2n) is 6.12. The van der Waals surface area contributed by atoms with Crippen molar-refractivity contribution in [1.82, 2.24) is 9.80 Å². The minimum absolute atomic E-state index is 0.605. The Morgan fingerprint density at radius 1 is 1.38 bits per heavy atom. The number of hydrogen-bond acceptors (Lipinski definition) is 4. The van der Waals surface area contributed by atoms with E-state index in [1.807, 2.05) is 12.1 Å². The van der Waals surface area contributed by atoms with Gasteiger partial charge in [0, 0.05) is 31.7 Å². The van der Waals surface area contributed by atoms with Crippen molar-refractivity contribution in [2.45, 2.75) is 31.8 Å². The van der Waals surface area contributed by atoms with Gasteiger partial charge < -0.3 is 4.74 Å². The van der Waals surface area contributed by atoms with Crippen LogP contribution >= 0.6 is 0 Å². The predicted octanol–water partition coefficient (Wildman–Crippen LogP) is 2.11. The highest BCUT2D eigenvalue weighted by Crippen LogP contribution is 2.24. The number of fused-ring (bicyclic) bond motifs is 1. The minimum Gasteiger partial charge on any atom is -0.492 e. The van der Waals surface area contributed by atoms with Gasteiger partial charge in [-0.15, -0.1) is 0 Å². The quantitative estimate of drug-likeness (QED) is 0.849. The van der Waals surface area contributed by atoms with Crippen molar-refractivity contribution in [1.29, 1.82) is 5.26 Å². The first kappa shape index (κ1) is 14.4. The summed E-state index contributed by atoms with van der Waals surface area (Å²) in [6, 6.07) is 10.9. The van der Waals surface area contributed by atoms with Gasteiger partial charge in [0.25, 0.3) is 0 Å². The highest BCUT2D eigenvalue weighted by atomic mass is 16.5. The molecule has 112 valence electrons. The summed E-state index contributed by atoms with van der Waals surface area (Å²) >= 11 is 0. The highest BCUT2D eigenvalue weighted by molar-refractivity contribution is 5.36. The van der Waals surface area contributed by atoms with Crippen molar-refractivity contribution in [3.8, 4) is 11.8 Å². The molecule has 2 heterocycles. The molecule has 0 bridgehead atoms. The first-order valence-electron chi connectivity index (χ1n) is 7.87. The zero-order chi connectivity index (χ0) is 14.7. The molecule has 2 atom stereocenters. The number of nitrogens with zero attached hydrogens (tertiary/aromatic N) is 3. The van der Waals surface area contributed by atoms with Gasteiger partial charge in [0.05, 0.1) is 11.6 Å². The lowest BCUT2D eigenvalue weighted by atomic mass is 10.1. The molecule has 2 unspecified atom stereocenters. The number of piperazine rings is 1. The summed E-state index contributed by atoms with van der Waals surface area (Å²) in [5.74, 6) is 0.793. The van der Waals surface area contributed by atoms with Crippen molar-refractivity contribution < 1.29 is 4.74 Å². The SMILES string of the molecule is CC1CN2CCCC2CN1CCOc1cccc(C#N)c1. The fraction of sp³-hybridized carbons (Fsp3) is 0.588. The number of rotatable bonds is 4. The molecule has 2 saturated heterocycles. The molecule has 0 N–H and O–H groups in total. The number of ether oxygens (including phenoxy) is 1. The molecule has 4 nitrogen and oxygen atoms in total. The fourth-order valence-corrected chi connectivity index (χ4v) is 3.50. The van der Waals surface area contributed by atoms with Crippen LogP contribution in [-0.2, 0) is 0 Å². The maximum Gasteiger partial charge on any atom is 0.120 e. The normalized spacial score (nSPS) is 26.3. The van der Waals surface area contributed by atoms with Crippen LogP contribution in [0.3, 0.4) is 0 Å². The monoisotopic (exact) mass is 285 g/mol. The van der Waals surface area contributed by atoms with Gasteiger partial charge in [-0.1, -0.05) is 6.07 Å². The van der Waals surface area contributed by atoms with E-state index >= 15 is 0 Å². The molecule has 0 spiro atoms. The van der Waals surface area contributed by atoms with E-state index in [-0.39, 0.29) is 0 Å². The Hall–Kier alpha value is -1.57. The Morgan fingerprint density at radius 2 is 2.29 bits per heavy atom. The fourth-order valence-electron chi connectivity index (χ4n) is 3.50. The second kappa shape index (κ2) is 6.46. The molecule has 2 fully saturated rings. The molecule has 1 aromatic rings.